The molecule has 2 saturated heterocycles. The van der Waals surface area contributed by atoms with Crippen LogP contribution in [0.15, 0.2) is 48.5 Å². The minimum Gasteiger partial charge on any atom is -0.494 e. The van der Waals surface area contributed by atoms with Gasteiger partial charge < -0.3 is 25.7 Å². The zero-order valence-corrected chi connectivity index (χ0v) is 22.9. The van der Waals surface area contributed by atoms with Crippen LogP contribution >= 0.6 is 23.2 Å². The predicted molar refractivity (Wildman–Crippen MR) is 153 cm³/mol. The SMILES string of the molecule is C.COC(=O)c1ccc(C2C[C@@H]3N[C@@]4(C(=O)Nc5cc(Cl)ccc54)[C@@H](c4cccc(Cl)c4F)[C@@H]3N2O)c(N)c1OC. The third-order valence-corrected chi connectivity index (χ3v) is 8.79. The number of benzene rings is 3. The second kappa shape index (κ2) is 10.5. The number of hydrogen-bond acceptors (Lipinski definition) is 8. The number of nitrogens with two attached hydrogens (primary N) is 1. The molecule has 12 heteroatoms. The van der Waals surface area contributed by atoms with Crippen LogP contribution in [0.4, 0.5) is 15.8 Å². The fourth-order valence-corrected chi connectivity index (χ4v) is 7.00. The Hall–Kier alpha value is -3.41. The molecule has 6 rings (SSSR count). The summed E-state index contributed by atoms with van der Waals surface area (Å²) in [6, 6.07) is 10.9. The molecule has 0 aliphatic carbocycles. The molecule has 216 valence electrons. The molecule has 0 radical (unpaired) electrons. The maximum atomic E-state index is 15.7. The van der Waals surface area contributed by atoms with Gasteiger partial charge in [-0.05, 0) is 41.8 Å². The lowest BCUT2D eigenvalue weighted by molar-refractivity contribution is -0.143. The minimum atomic E-state index is -1.41. The number of rotatable bonds is 4. The van der Waals surface area contributed by atoms with Crippen molar-refractivity contribution in [3.63, 3.8) is 0 Å². The molecule has 3 heterocycles. The van der Waals surface area contributed by atoms with Gasteiger partial charge in [-0.1, -0.05) is 54.9 Å². The molecule has 3 aromatic carbocycles. The number of carbonyl (C=O) groups excluding carboxylic acids is 2. The van der Waals surface area contributed by atoms with Gasteiger partial charge in [0.15, 0.2) is 5.75 Å². The Morgan fingerprint density at radius 2 is 1.93 bits per heavy atom. The standard InChI is InChI=1S/C28H25Cl2FN4O5.CH4/c1-39-25-15(26(36)40-2)8-7-13(23(25)32)20-11-19-24(35(20)38)21(14-4-3-5-17(30)22(14)31)28(34-19)16-9-6-12(29)10-18(16)33-27(28)37;/h3-10,19-21,24,34,38H,11,32H2,1-2H3,(H,33,37);1H4/t19-,20?,21-,24+,28+;/m0./s1. The molecule has 1 unspecified atom stereocenters. The number of nitrogens with one attached hydrogen (secondary N) is 2. The average Bonchev–Trinajstić information content (AvgIpc) is 3.53. The largest absolute Gasteiger partial charge is 0.494 e. The predicted octanol–water partition coefficient (Wildman–Crippen LogP) is 5.25. The summed E-state index contributed by atoms with van der Waals surface area (Å²) in [6.07, 6.45) is 0.308. The van der Waals surface area contributed by atoms with Crippen molar-refractivity contribution >= 4 is 46.5 Å². The highest BCUT2D eigenvalue weighted by atomic mass is 35.5. The van der Waals surface area contributed by atoms with E-state index < -0.39 is 47.3 Å². The zero-order chi connectivity index (χ0) is 28.5. The smallest absolute Gasteiger partial charge is 0.341 e. The molecule has 5 N–H and O–H groups in total. The number of hydroxylamine groups is 2. The number of nitrogen functional groups attached to an aromatic ring is 1. The van der Waals surface area contributed by atoms with Crippen LogP contribution in [-0.2, 0) is 15.1 Å². The van der Waals surface area contributed by atoms with Crippen LogP contribution in [-0.4, -0.2) is 48.5 Å². The molecule has 3 aromatic rings. The number of methoxy groups -OCH3 is 2. The second-order valence-electron chi connectivity index (χ2n) is 10.1. The van der Waals surface area contributed by atoms with Crippen molar-refractivity contribution in [3.8, 4) is 5.75 Å². The Balaban J connectivity index is 0.00000337. The fourth-order valence-electron chi connectivity index (χ4n) is 6.65. The second-order valence-corrected chi connectivity index (χ2v) is 10.9. The van der Waals surface area contributed by atoms with Gasteiger partial charge in [-0.2, -0.15) is 5.06 Å². The van der Waals surface area contributed by atoms with Gasteiger partial charge in [-0.25, -0.2) is 9.18 Å². The lowest BCUT2D eigenvalue weighted by atomic mass is 9.74. The van der Waals surface area contributed by atoms with E-state index in [2.05, 4.69) is 10.6 Å². The highest BCUT2D eigenvalue weighted by molar-refractivity contribution is 6.31. The van der Waals surface area contributed by atoms with Crippen LogP contribution in [0, 0.1) is 5.82 Å². The van der Waals surface area contributed by atoms with Crippen LogP contribution < -0.4 is 21.1 Å². The van der Waals surface area contributed by atoms with Gasteiger partial charge in [0.05, 0.1) is 37.0 Å². The molecular formula is C29H29Cl2FN4O5. The van der Waals surface area contributed by atoms with E-state index in [9.17, 15) is 14.8 Å². The lowest BCUT2D eigenvalue weighted by Gasteiger charge is -2.36. The molecule has 3 aliphatic heterocycles. The Morgan fingerprint density at radius 3 is 2.63 bits per heavy atom. The summed E-state index contributed by atoms with van der Waals surface area (Å²) in [6.45, 7) is 0. The van der Waals surface area contributed by atoms with Gasteiger partial charge in [-0.3, -0.25) is 10.1 Å². The lowest BCUT2D eigenvalue weighted by Crippen LogP contribution is -2.50. The van der Waals surface area contributed by atoms with Crippen molar-refractivity contribution in [2.45, 2.75) is 43.4 Å². The zero-order valence-electron chi connectivity index (χ0n) is 21.4. The van der Waals surface area contributed by atoms with Crippen molar-refractivity contribution in [1.82, 2.24) is 10.4 Å². The molecule has 9 nitrogen and oxygen atoms in total. The number of ether oxygens (including phenoxy) is 2. The number of nitrogens with zero attached hydrogens (tertiary/aromatic N) is 1. The normalized spacial score (nSPS) is 26.3. The molecule has 5 atom stereocenters. The van der Waals surface area contributed by atoms with Gasteiger partial charge in [-0.15, -0.1) is 0 Å². The van der Waals surface area contributed by atoms with Crippen molar-refractivity contribution < 1.29 is 28.7 Å². The Bertz CT molecular complexity index is 1570. The summed E-state index contributed by atoms with van der Waals surface area (Å²) in [5, 5.41) is 19.5. The topological polar surface area (TPSA) is 126 Å². The van der Waals surface area contributed by atoms with E-state index in [0.29, 0.717) is 28.3 Å². The Labute approximate surface area is 246 Å². The van der Waals surface area contributed by atoms with Crippen molar-refractivity contribution in [1.29, 1.82) is 0 Å². The highest BCUT2D eigenvalue weighted by Crippen LogP contribution is 2.58. The highest BCUT2D eigenvalue weighted by Gasteiger charge is 2.67. The third-order valence-electron chi connectivity index (χ3n) is 8.26. The maximum Gasteiger partial charge on any atom is 0.341 e. The third kappa shape index (κ3) is 4.08. The summed E-state index contributed by atoms with van der Waals surface area (Å²) in [7, 11) is 2.63. The van der Waals surface area contributed by atoms with Gasteiger partial charge in [0.2, 0.25) is 5.91 Å². The van der Waals surface area contributed by atoms with Crippen molar-refractivity contribution in [3.05, 3.63) is 86.6 Å². The van der Waals surface area contributed by atoms with Gasteiger partial charge in [0.25, 0.3) is 0 Å². The molecular weight excluding hydrogens is 574 g/mol. The van der Waals surface area contributed by atoms with Crippen LogP contribution in [0.5, 0.6) is 5.75 Å². The van der Waals surface area contributed by atoms with E-state index in [0.717, 1.165) is 5.06 Å². The first-order chi connectivity index (χ1) is 19.1. The molecule has 0 aromatic heterocycles. The summed E-state index contributed by atoms with van der Waals surface area (Å²) >= 11 is 12.4. The van der Waals surface area contributed by atoms with Crippen LogP contribution in [0.2, 0.25) is 10.0 Å². The first-order valence-corrected chi connectivity index (χ1v) is 13.2. The summed E-state index contributed by atoms with van der Waals surface area (Å²) in [4.78, 5) is 26.0. The van der Waals surface area contributed by atoms with Crippen molar-refractivity contribution in [2.24, 2.45) is 0 Å². The van der Waals surface area contributed by atoms with Crippen LogP contribution in [0.25, 0.3) is 0 Å². The first-order valence-electron chi connectivity index (χ1n) is 12.5. The molecule has 1 amide bonds. The molecule has 0 saturated carbocycles. The maximum absolute atomic E-state index is 15.7. The van der Waals surface area contributed by atoms with Crippen molar-refractivity contribution in [2.75, 3.05) is 25.3 Å². The molecule has 1 spiro atoms. The number of fused-ring (bicyclic) bond motifs is 3. The monoisotopic (exact) mass is 602 g/mol. The molecule has 41 heavy (non-hydrogen) atoms. The number of esters is 1. The number of carbonyl (C=O) groups is 2. The van der Waals surface area contributed by atoms with E-state index >= 15 is 4.39 Å². The molecule has 3 aliphatic rings. The molecule has 0 bridgehead atoms. The summed E-state index contributed by atoms with van der Waals surface area (Å²) < 4.78 is 25.9. The van der Waals surface area contributed by atoms with E-state index in [1.807, 2.05) is 0 Å². The Kier molecular flexibility index (Phi) is 7.42. The quantitative estimate of drug-likeness (QED) is 0.235. The average molecular weight is 603 g/mol. The van der Waals surface area contributed by atoms with Gasteiger partial charge in [0.1, 0.15) is 16.9 Å². The van der Waals surface area contributed by atoms with E-state index in [4.69, 9.17) is 38.4 Å². The number of hydrogen-bond donors (Lipinski definition) is 4. The Morgan fingerprint density at radius 1 is 1.17 bits per heavy atom. The number of anilines is 2. The number of halogens is 3. The van der Waals surface area contributed by atoms with Gasteiger partial charge >= 0.3 is 5.97 Å². The summed E-state index contributed by atoms with van der Waals surface area (Å²) in [5.41, 5.74) is 7.11. The van der Waals surface area contributed by atoms with E-state index in [1.54, 1.807) is 36.4 Å². The van der Waals surface area contributed by atoms with Crippen LogP contribution in [0.1, 0.15) is 52.9 Å². The fraction of sp³-hybridized carbons (Fsp3) is 0.310. The summed E-state index contributed by atoms with van der Waals surface area (Å²) in [5.74, 6) is -2.46. The number of amides is 1. The van der Waals surface area contributed by atoms with E-state index in [-0.39, 0.29) is 35.0 Å². The van der Waals surface area contributed by atoms with Gasteiger partial charge in [0, 0.05) is 28.2 Å². The van der Waals surface area contributed by atoms with Crippen LogP contribution in [0.3, 0.4) is 0 Å². The molecule has 2 fully saturated rings. The minimum absolute atomic E-state index is 0. The van der Waals surface area contributed by atoms with E-state index in [1.165, 1.54) is 26.4 Å². The first kappa shape index (κ1) is 29.1.